The molecule has 2 atom stereocenters. The SMILES string of the molecule is Cn1c(=O)n(C2CNCCN2)c2ccc(CCCC(C)(O)CCCN)cc21. The smallest absolute Gasteiger partial charge is 0.330 e. The second kappa shape index (κ2) is 8.56. The molecule has 7 nitrogen and oxygen atoms in total. The van der Waals surface area contributed by atoms with E-state index in [1.165, 1.54) is 5.56 Å². The van der Waals surface area contributed by atoms with Gasteiger partial charge in [0.05, 0.1) is 16.6 Å². The molecule has 0 radical (unpaired) electrons. The third kappa shape index (κ3) is 4.60. The van der Waals surface area contributed by atoms with Crippen LogP contribution >= 0.6 is 0 Å². The topological polar surface area (TPSA) is 97.2 Å². The molecule has 0 amide bonds. The summed E-state index contributed by atoms with van der Waals surface area (Å²) in [4.78, 5) is 12.8. The number of aromatic nitrogens is 2. The lowest BCUT2D eigenvalue weighted by Crippen LogP contribution is -2.48. The van der Waals surface area contributed by atoms with Crippen molar-refractivity contribution in [2.24, 2.45) is 12.8 Å². The predicted molar refractivity (Wildman–Crippen MR) is 109 cm³/mol. The van der Waals surface area contributed by atoms with Gasteiger partial charge in [-0.1, -0.05) is 6.07 Å². The molecule has 150 valence electrons. The molecular formula is C20H33N5O2. The molecule has 2 heterocycles. The molecule has 0 bridgehead atoms. The van der Waals surface area contributed by atoms with Gasteiger partial charge in [-0.05, 0) is 63.3 Å². The number of hydrogen-bond donors (Lipinski definition) is 4. The number of aryl methyl sites for hydroxylation is 2. The van der Waals surface area contributed by atoms with Crippen molar-refractivity contribution in [3.8, 4) is 0 Å². The second-order valence-corrected chi connectivity index (χ2v) is 7.95. The Balaban J connectivity index is 1.74. The van der Waals surface area contributed by atoms with Crippen molar-refractivity contribution in [1.29, 1.82) is 0 Å². The highest BCUT2D eigenvalue weighted by Crippen LogP contribution is 2.22. The maximum absolute atomic E-state index is 12.8. The van der Waals surface area contributed by atoms with E-state index in [4.69, 9.17) is 5.73 Å². The largest absolute Gasteiger partial charge is 0.390 e. The third-order valence-corrected chi connectivity index (χ3v) is 5.59. The maximum atomic E-state index is 12.8. The number of imidazole rings is 1. The van der Waals surface area contributed by atoms with Crippen LogP contribution in [0.25, 0.3) is 11.0 Å². The van der Waals surface area contributed by atoms with E-state index in [1.807, 2.05) is 18.5 Å². The van der Waals surface area contributed by atoms with Crippen molar-refractivity contribution in [3.63, 3.8) is 0 Å². The molecule has 7 heteroatoms. The summed E-state index contributed by atoms with van der Waals surface area (Å²) in [5, 5.41) is 17.2. The molecular weight excluding hydrogens is 342 g/mol. The van der Waals surface area contributed by atoms with Gasteiger partial charge < -0.3 is 16.2 Å². The number of hydrogen-bond acceptors (Lipinski definition) is 5. The Morgan fingerprint density at radius 2 is 2.04 bits per heavy atom. The number of nitrogens with zero attached hydrogens (tertiary/aromatic N) is 2. The first-order valence-corrected chi connectivity index (χ1v) is 9.99. The van der Waals surface area contributed by atoms with Crippen molar-refractivity contribution in [2.75, 3.05) is 26.2 Å². The minimum Gasteiger partial charge on any atom is -0.390 e. The minimum absolute atomic E-state index is 0.00747. The van der Waals surface area contributed by atoms with Crippen LogP contribution in [-0.4, -0.2) is 46.0 Å². The average molecular weight is 376 g/mol. The zero-order valence-corrected chi connectivity index (χ0v) is 16.5. The summed E-state index contributed by atoms with van der Waals surface area (Å²) in [6.07, 6.45) is 4.12. The van der Waals surface area contributed by atoms with Crippen molar-refractivity contribution >= 4 is 11.0 Å². The molecule has 5 N–H and O–H groups in total. The molecule has 1 aromatic carbocycles. The van der Waals surface area contributed by atoms with Gasteiger partial charge in [0, 0.05) is 26.7 Å². The summed E-state index contributed by atoms with van der Waals surface area (Å²) < 4.78 is 3.58. The van der Waals surface area contributed by atoms with Crippen LogP contribution in [0.3, 0.4) is 0 Å². The second-order valence-electron chi connectivity index (χ2n) is 7.95. The van der Waals surface area contributed by atoms with Crippen LogP contribution in [0, 0.1) is 0 Å². The van der Waals surface area contributed by atoms with Gasteiger partial charge in [-0.25, -0.2) is 4.79 Å². The Hall–Kier alpha value is -1.67. The first kappa shape index (κ1) is 20.1. The summed E-state index contributed by atoms with van der Waals surface area (Å²) in [6.45, 7) is 5.04. The molecule has 1 aliphatic heterocycles. The van der Waals surface area contributed by atoms with Crippen LogP contribution < -0.4 is 22.1 Å². The number of rotatable bonds is 8. The fraction of sp³-hybridized carbons (Fsp3) is 0.650. The number of aliphatic hydroxyl groups is 1. The van der Waals surface area contributed by atoms with Crippen molar-refractivity contribution in [3.05, 3.63) is 34.2 Å². The van der Waals surface area contributed by atoms with Crippen molar-refractivity contribution in [2.45, 2.75) is 50.8 Å². The molecule has 1 aliphatic rings. The van der Waals surface area contributed by atoms with Gasteiger partial charge in [0.1, 0.15) is 6.17 Å². The van der Waals surface area contributed by atoms with Crippen LogP contribution in [0.5, 0.6) is 0 Å². The minimum atomic E-state index is -0.653. The van der Waals surface area contributed by atoms with Crippen LogP contribution in [-0.2, 0) is 13.5 Å². The Morgan fingerprint density at radius 3 is 2.74 bits per heavy atom. The van der Waals surface area contributed by atoms with E-state index < -0.39 is 5.60 Å². The predicted octanol–water partition coefficient (Wildman–Crippen LogP) is 0.844. The van der Waals surface area contributed by atoms with E-state index in [9.17, 15) is 9.90 Å². The summed E-state index contributed by atoms with van der Waals surface area (Å²) in [6, 6.07) is 6.26. The average Bonchev–Trinajstić information content (AvgIpc) is 2.91. The van der Waals surface area contributed by atoms with Crippen LogP contribution in [0.2, 0.25) is 0 Å². The van der Waals surface area contributed by atoms with E-state index >= 15 is 0 Å². The highest BCUT2D eigenvalue weighted by atomic mass is 16.3. The molecule has 27 heavy (non-hydrogen) atoms. The van der Waals surface area contributed by atoms with Crippen molar-refractivity contribution < 1.29 is 5.11 Å². The lowest BCUT2D eigenvalue weighted by atomic mass is 9.92. The van der Waals surface area contributed by atoms with Gasteiger partial charge in [0.25, 0.3) is 0 Å². The first-order chi connectivity index (χ1) is 12.9. The fourth-order valence-electron chi connectivity index (χ4n) is 3.97. The zero-order valence-electron chi connectivity index (χ0n) is 16.5. The maximum Gasteiger partial charge on any atom is 0.330 e. The molecule has 1 aromatic heterocycles. The molecule has 2 aromatic rings. The number of nitrogens with one attached hydrogen (secondary N) is 2. The molecule has 0 aliphatic carbocycles. The van der Waals surface area contributed by atoms with E-state index in [2.05, 4.69) is 28.8 Å². The highest BCUT2D eigenvalue weighted by Gasteiger charge is 2.21. The normalized spacial score (nSPS) is 20.1. The number of fused-ring (bicyclic) bond motifs is 1. The van der Waals surface area contributed by atoms with Gasteiger partial charge in [0.2, 0.25) is 0 Å². The van der Waals surface area contributed by atoms with E-state index in [0.29, 0.717) is 6.54 Å². The Labute approximate surface area is 160 Å². The van der Waals surface area contributed by atoms with E-state index in [-0.39, 0.29) is 11.9 Å². The monoisotopic (exact) mass is 375 g/mol. The molecule has 0 saturated carbocycles. The van der Waals surface area contributed by atoms with E-state index in [1.54, 1.807) is 4.57 Å². The Kier molecular flexibility index (Phi) is 6.37. The molecule has 0 spiro atoms. The Morgan fingerprint density at radius 1 is 1.26 bits per heavy atom. The summed E-state index contributed by atoms with van der Waals surface area (Å²) in [5.74, 6) is 0. The van der Waals surface area contributed by atoms with Gasteiger partial charge in [-0.2, -0.15) is 0 Å². The fourth-order valence-corrected chi connectivity index (χ4v) is 3.97. The lowest BCUT2D eigenvalue weighted by Gasteiger charge is -2.25. The molecule has 2 unspecified atom stereocenters. The van der Waals surface area contributed by atoms with Crippen LogP contribution in [0.15, 0.2) is 23.0 Å². The van der Waals surface area contributed by atoms with Gasteiger partial charge >= 0.3 is 5.69 Å². The number of piperazine rings is 1. The zero-order chi connectivity index (χ0) is 19.4. The summed E-state index contributed by atoms with van der Waals surface area (Å²) in [7, 11) is 1.83. The number of benzene rings is 1. The van der Waals surface area contributed by atoms with Gasteiger partial charge in [-0.3, -0.25) is 14.5 Å². The summed E-state index contributed by atoms with van der Waals surface area (Å²) in [5.41, 5.74) is 8.01. The lowest BCUT2D eigenvalue weighted by molar-refractivity contribution is 0.0387. The standard InChI is InChI=1S/C20H33N5O2/c1-20(27,9-4-10-21)8-3-5-15-6-7-16-17(13-15)24(2)19(26)25(16)18-14-22-11-12-23-18/h6-7,13,18,22-23,27H,3-5,8-12,14,21H2,1-2H3. The quantitative estimate of drug-likeness (QED) is 0.548. The van der Waals surface area contributed by atoms with Gasteiger partial charge in [0.15, 0.2) is 0 Å². The van der Waals surface area contributed by atoms with Crippen LogP contribution in [0.4, 0.5) is 0 Å². The first-order valence-electron chi connectivity index (χ1n) is 9.99. The molecule has 1 fully saturated rings. The molecule has 1 saturated heterocycles. The highest BCUT2D eigenvalue weighted by molar-refractivity contribution is 5.77. The number of nitrogens with two attached hydrogens (primary N) is 1. The summed E-state index contributed by atoms with van der Waals surface area (Å²) >= 11 is 0. The Bertz CT molecular complexity index is 818. The molecule has 3 rings (SSSR count). The van der Waals surface area contributed by atoms with E-state index in [0.717, 1.165) is 62.8 Å². The van der Waals surface area contributed by atoms with Gasteiger partial charge in [-0.15, -0.1) is 0 Å². The van der Waals surface area contributed by atoms with Crippen molar-refractivity contribution in [1.82, 2.24) is 19.8 Å². The third-order valence-electron chi connectivity index (χ3n) is 5.59. The van der Waals surface area contributed by atoms with Crippen LogP contribution in [0.1, 0.15) is 44.3 Å².